The molecule has 1 fully saturated rings. The molecule has 0 saturated heterocycles. The van der Waals surface area contributed by atoms with E-state index >= 15 is 0 Å². The van der Waals surface area contributed by atoms with Crippen LogP contribution in [-0.4, -0.2) is 46.3 Å². The van der Waals surface area contributed by atoms with Gasteiger partial charge in [-0.3, -0.25) is 14.5 Å². The third kappa shape index (κ3) is 2.84. The normalized spacial score (nSPS) is 17.3. The van der Waals surface area contributed by atoms with Crippen LogP contribution in [0.15, 0.2) is 37.1 Å². The molecule has 0 unspecified atom stereocenters. The minimum absolute atomic E-state index is 0.0432. The van der Waals surface area contributed by atoms with Crippen molar-refractivity contribution in [2.45, 2.75) is 25.3 Å². The zero-order valence-electron chi connectivity index (χ0n) is 13.9. The summed E-state index contributed by atoms with van der Waals surface area (Å²) < 4.78 is 0. The van der Waals surface area contributed by atoms with Crippen LogP contribution in [0.4, 0.5) is 5.82 Å². The number of pyridine rings is 1. The second-order valence-corrected chi connectivity index (χ2v) is 6.48. The molecule has 0 radical (unpaired) electrons. The number of nitrogens with one attached hydrogen (secondary N) is 1. The first-order valence-electron chi connectivity index (χ1n) is 8.54. The number of carbonyl (C=O) groups excluding carboxylic acids is 2. The Labute approximate surface area is 145 Å². The third-order valence-corrected chi connectivity index (χ3v) is 4.87. The van der Waals surface area contributed by atoms with Gasteiger partial charge in [-0.15, -0.1) is 0 Å². The first-order valence-corrected chi connectivity index (χ1v) is 8.54. The van der Waals surface area contributed by atoms with Gasteiger partial charge in [-0.25, -0.2) is 4.98 Å². The molecule has 2 amide bonds. The lowest BCUT2D eigenvalue weighted by Gasteiger charge is -2.26. The van der Waals surface area contributed by atoms with Crippen molar-refractivity contribution in [3.05, 3.63) is 42.6 Å². The van der Waals surface area contributed by atoms with Crippen molar-refractivity contribution in [1.82, 2.24) is 14.9 Å². The van der Waals surface area contributed by atoms with Gasteiger partial charge in [0, 0.05) is 30.7 Å². The molecule has 0 atom stereocenters. The summed E-state index contributed by atoms with van der Waals surface area (Å²) in [7, 11) is 0. The Kier molecular flexibility index (Phi) is 3.87. The van der Waals surface area contributed by atoms with Gasteiger partial charge in [-0.1, -0.05) is 12.7 Å². The zero-order valence-corrected chi connectivity index (χ0v) is 13.9. The van der Waals surface area contributed by atoms with Crippen molar-refractivity contribution < 1.29 is 9.59 Å². The fourth-order valence-corrected chi connectivity index (χ4v) is 3.34. The molecule has 2 aromatic rings. The number of carbonyl (C=O) groups is 2. The average molecular weight is 336 g/mol. The summed E-state index contributed by atoms with van der Waals surface area (Å²) in [6, 6.07) is 4.28. The van der Waals surface area contributed by atoms with Gasteiger partial charge in [0.15, 0.2) is 0 Å². The minimum Gasteiger partial charge on any atom is -0.346 e. The highest BCUT2D eigenvalue weighted by atomic mass is 16.2. The summed E-state index contributed by atoms with van der Waals surface area (Å²) in [5, 5.41) is 1.04. The maximum atomic E-state index is 11.8. The SMILES string of the molecule is C=CC(=O)N1CC=C(c2cc(N(C=O)C3CC3)nc3[nH]ccc23)CC1. The molecule has 2 aliphatic rings. The van der Waals surface area contributed by atoms with E-state index in [0.717, 1.165) is 42.3 Å². The third-order valence-electron chi connectivity index (χ3n) is 4.87. The molecule has 3 heterocycles. The van der Waals surface area contributed by atoms with E-state index in [2.05, 4.69) is 22.6 Å². The van der Waals surface area contributed by atoms with E-state index in [1.165, 1.54) is 11.6 Å². The number of fused-ring (bicyclic) bond motifs is 1. The molecule has 0 spiro atoms. The number of anilines is 1. The van der Waals surface area contributed by atoms with Gasteiger partial charge in [0.2, 0.25) is 12.3 Å². The Bertz CT molecular complexity index is 879. The number of aromatic amines is 1. The van der Waals surface area contributed by atoms with E-state index in [-0.39, 0.29) is 11.9 Å². The summed E-state index contributed by atoms with van der Waals surface area (Å²) >= 11 is 0. The first kappa shape index (κ1) is 15.6. The Morgan fingerprint density at radius 1 is 1.44 bits per heavy atom. The Morgan fingerprint density at radius 2 is 2.28 bits per heavy atom. The molecule has 1 saturated carbocycles. The highest BCUT2D eigenvalue weighted by molar-refractivity contribution is 5.94. The predicted molar refractivity (Wildman–Crippen MR) is 97.0 cm³/mol. The van der Waals surface area contributed by atoms with Crippen LogP contribution in [0, 0.1) is 0 Å². The molecule has 6 heteroatoms. The van der Waals surface area contributed by atoms with Crippen molar-refractivity contribution in [3.8, 4) is 0 Å². The van der Waals surface area contributed by atoms with Gasteiger partial charge in [0.25, 0.3) is 0 Å². The second-order valence-electron chi connectivity index (χ2n) is 6.48. The summed E-state index contributed by atoms with van der Waals surface area (Å²) in [6.07, 6.45) is 9.00. The van der Waals surface area contributed by atoms with Gasteiger partial charge < -0.3 is 9.88 Å². The van der Waals surface area contributed by atoms with Crippen LogP contribution in [0.3, 0.4) is 0 Å². The topological polar surface area (TPSA) is 69.3 Å². The van der Waals surface area contributed by atoms with Crippen molar-refractivity contribution in [2.75, 3.05) is 18.0 Å². The summed E-state index contributed by atoms with van der Waals surface area (Å²) in [5.74, 6) is 0.645. The molecule has 1 aliphatic heterocycles. The van der Waals surface area contributed by atoms with Crippen molar-refractivity contribution in [1.29, 1.82) is 0 Å². The molecule has 0 bridgehead atoms. The van der Waals surface area contributed by atoms with Crippen LogP contribution >= 0.6 is 0 Å². The molecule has 4 rings (SSSR count). The highest BCUT2D eigenvalue weighted by Gasteiger charge is 2.30. The number of amides is 2. The molecule has 6 nitrogen and oxygen atoms in total. The van der Waals surface area contributed by atoms with E-state index in [9.17, 15) is 9.59 Å². The standard InChI is InChI=1S/C19H20N4O2/c1-2-18(25)22-9-6-13(7-10-22)16-11-17(23(12-24)14-3-4-14)21-19-15(16)5-8-20-19/h2,5-6,8,11-12,14H,1,3-4,7,9-10H2,(H,20,21). The van der Waals surface area contributed by atoms with Gasteiger partial charge in [-0.2, -0.15) is 0 Å². The maximum Gasteiger partial charge on any atom is 0.246 e. The van der Waals surface area contributed by atoms with Gasteiger partial charge in [-0.05, 0) is 48.6 Å². The van der Waals surface area contributed by atoms with Crippen LogP contribution in [0.2, 0.25) is 0 Å². The Morgan fingerprint density at radius 3 is 2.92 bits per heavy atom. The van der Waals surface area contributed by atoms with Gasteiger partial charge >= 0.3 is 0 Å². The maximum absolute atomic E-state index is 11.8. The summed E-state index contributed by atoms with van der Waals surface area (Å²) in [5.41, 5.74) is 3.05. The molecule has 0 aromatic carbocycles. The van der Waals surface area contributed by atoms with Crippen LogP contribution in [0.1, 0.15) is 24.8 Å². The summed E-state index contributed by atoms with van der Waals surface area (Å²) in [6.45, 7) is 4.79. The lowest BCUT2D eigenvalue weighted by Crippen LogP contribution is -2.33. The number of hydrogen-bond donors (Lipinski definition) is 1. The molecule has 25 heavy (non-hydrogen) atoms. The first-order chi connectivity index (χ1) is 12.2. The van der Waals surface area contributed by atoms with Crippen LogP contribution in [0.5, 0.6) is 0 Å². The minimum atomic E-state index is -0.0432. The molecule has 2 aromatic heterocycles. The molecule has 1 N–H and O–H groups in total. The van der Waals surface area contributed by atoms with Crippen LogP contribution in [-0.2, 0) is 9.59 Å². The van der Waals surface area contributed by atoms with Crippen molar-refractivity contribution in [3.63, 3.8) is 0 Å². The molecular weight excluding hydrogens is 316 g/mol. The van der Waals surface area contributed by atoms with Gasteiger partial charge in [0.1, 0.15) is 11.5 Å². The average Bonchev–Trinajstić information content (AvgIpc) is 3.37. The predicted octanol–water partition coefficient (Wildman–Crippen LogP) is 2.49. The van der Waals surface area contributed by atoms with E-state index in [0.29, 0.717) is 18.9 Å². The lowest BCUT2D eigenvalue weighted by molar-refractivity contribution is -0.125. The lowest BCUT2D eigenvalue weighted by atomic mass is 9.97. The van der Waals surface area contributed by atoms with Gasteiger partial charge in [0.05, 0.1) is 0 Å². The number of nitrogens with zero attached hydrogens (tertiary/aromatic N) is 3. The zero-order chi connectivity index (χ0) is 17.4. The van der Waals surface area contributed by atoms with E-state index in [1.807, 2.05) is 18.3 Å². The fraction of sp³-hybridized carbons (Fsp3) is 0.316. The number of hydrogen-bond acceptors (Lipinski definition) is 3. The van der Waals surface area contributed by atoms with Crippen LogP contribution < -0.4 is 4.90 Å². The van der Waals surface area contributed by atoms with Crippen molar-refractivity contribution >= 4 is 34.7 Å². The van der Waals surface area contributed by atoms with Crippen molar-refractivity contribution in [2.24, 2.45) is 0 Å². The monoisotopic (exact) mass is 336 g/mol. The number of H-pyrrole nitrogens is 1. The van der Waals surface area contributed by atoms with E-state index < -0.39 is 0 Å². The van der Waals surface area contributed by atoms with Crippen LogP contribution in [0.25, 0.3) is 16.6 Å². The summed E-state index contributed by atoms with van der Waals surface area (Å²) in [4.78, 5) is 34.5. The number of aromatic nitrogens is 2. The fourth-order valence-electron chi connectivity index (χ4n) is 3.34. The van der Waals surface area contributed by atoms with E-state index in [4.69, 9.17) is 0 Å². The molecule has 1 aliphatic carbocycles. The molecular formula is C19H20N4O2. The highest BCUT2D eigenvalue weighted by Crippen LogP contribution is 2.34. The second kappa shape index (κ2) is 6.20. The van der Waals surface area contributed by atoms with E-state index in [1.54, 1.807) is 9.80 Å². The largest absolute Gasteiger partial charge is 0.346 e. The smallest absolute Gasteiger partial charge is 0.246 e. The number of rotatable bonds is 5. The Balaban J connectivity index is 1.72. The molecule has 128 valence electrons. The quantitative estimate of drug-likeness (QED) is 0.674. The Hall–Kier alpha value is -2.89.